The molecule has 2 aromatic rings. The molecule has 2 aliphatic rings. The number of carbonyl (C=O) groups is 4. The van der Waals surface area contributed by atoms with E-state index in [0.717, 1.165) is 6.42 Å². The van der Waals surface area contributed by atoms with Gasteiger partial charge in [-0.25, -0.2) is 9.97 Å². The predicted molar refractivity (Wildman–Crippen MR) is 120 cm³/mol. The van der Waals surface area contributed by atoms with Crippen LogP contribution in [-0.4, -0.2) is 88.8 Å². The molecule has 0 saturated carbocycles. The van der Waals surface area contributed by atoms with E-state index in [1.807, 2.05) is 0 Å². The Labute approximate surface area is 196 Å². The van der Waals surface area contributed by atoms with E-state index in [0.29, 0.717) is 24.3 Å². The summed E-state index contributed by atoms with van der Waals surface area (Å²) in [7, 11) is 1.54. The molecule has 0 aliphatic carbocycles. The van der Waals surface area contributed by atoms with Crippen molar-refractivity contribution in [3.8, 4) is 5.75 Å². The molecule has 4 rings (SSSR count). The molecule has 1 aromatic carbocycles. The van der Waals surface area contributed by atoms with Gasteiger partial charge in [0, 0.05) is 37.6 Å². The number of amides is 4. The highest BCUT2D eigenvalue weighted by molar-refractivity contribution is 5.99. The normalized spacial score (nSPS) is 20.3. The minimum absolute atomic E-state index is 0.00946. The van der Waals surface area contributed by atoms with E-state index in [1.165, 1.54) is 28.5 Å². The van der Waals surface area contributed by atoms with Gasteiger partial charge in [-0.1, -0.05) is 0 Å². The summed E-state index contributed by atoms with van der Waals surface area (Å²) in [5.74, 6) is -0.785. The molecule has 11 nitrogen and oxygen atoms in total. The van der Waals surface area contributed by atoms with Crippen molar-refractivity contribution in [3.05, 3.63) is 54.1 Å². The number of hydrogen-bond acceptors (Lipinski definition) is 7. The summed E-state index contributed by atoms with van der Waals surface area (Å²) in [4.78, 5) is 62.4. The number of methoxy groups -OCH3 is 1. The van der Waals surface area contributed by atoms with Crippen LogP contribution < -0.4 is 15.4 Å². The summed E-state index contributed by atoms with van der Waals surface area (Å²) in [5.41, 5.74) is 0.688. The lowest BCUT2D eigenvalue weighted by molar-refractivity contribution is -0.133. The van der Waals surface area contributed by atoms with Crippen molar-refractivity contribution in [1.29, 1.82) is 0 Å². The lowest BCUT2D eigenvalue weighted by atomic mass is 10.0. The topological polar surface area (TPSA) is 134 Å². The maximum Gasteiger partial charge on any atom is 0.257 e. The standard InChI is InChI=1S/C23H26N6O5/c1-34-17-6-4-15(5-7-17)22(32)28-9-10-29(23(33)16-11-24-14-25-12-16)19(13-28)21(31)27-18-3-2-8-26-20(18)30/h4-7,11-12,14,18-19H,2-3,8-10,13H2,1H3,(H,26,30)(H,27,31)/t18-,19-/m1/s1. The minimum Gasteiger partial charge on any atom is -0.497 e. The largest absolute Gasteiger partial charge is 0.497 e. The van der Waals surface area contributed by atoms with Gasteiger partial charge >= 0.3 is 0 Å². The molecule has 2 atom stereocenters. The first-order chi connectivity index (χ1) is 16.5. The average molecular weight is 466 g/mol. The molecule has 0 radical (unpaired) electrons. The van der Waals surface area contributed by atoms with Crippen molar-refractivity contribution in [1.82, 2.24) is 30.4 Å². The van der Waals surface area contributed by atoms with Crippen molar-refractivity contribution >= 4 is 23.6 Å². The summed E-state index contributed by atoms with van der Waals surface area (Å²) >= 11 is 0. The molecule has 34 heavy (non-hydrogen) atoms. The van der Waals surface area contributed by atoms with Crippen molar-refractivity contribution < 1.29 is 23.9 Å². The summed E-state index contributed by atoms with van der Waals surface area (Å²) in [6.07, 6.45) is 5.34. The van der Waals surface area contributed by atoms with Crippen LogP contribution in [0.3, 0.4) is 0 Å². The number of piperazine rings is 1. The van der Waals surface area contributed by atoms with Crippen LogP contribution in [0.4, 0.5) is 0 Å². The Kier molecular flexibility index (Phi) is 7.00. The van der Waals surface area contributed by atoms with Gasteiger partial charge in [0.25, 0.3) is 11.8 Å². The molecule has 11 heteroatoms. The zero-order valence-corrected chi connectivity index (χ0v) is 18.8. The zero-order chi connectivity index (χ0) is 24.1. The summed E-state index contributed by atoms with van der Waals surface area (Å²) in [5, 5.41) is 5.49. The van der Waals surface area contributed by atoms with Gasteiger partial charge in [-0.2, -0.15) is 0 Å². The number of piperidine rings is 1. The Bertz CT molecular complexity index is 1060. The Morgan fingerprint density at radius 1 is 1.06 bits per heavy atom. The van der Waals surface area contributed by atoms with Crippen LogP contribution >= 0.6 is 0 Å². The number of carbonyl (C=O) groups excluding carboxylic acids is 4. The van der Waals surface area contributed by atoms with E-state index >= 15 is 0 Å². The molecule has 2 aliphatic heterocycles. The number of rotatable bonds is 5. The van der Waals surface area contributed by atoms with Gasteiger partial charge < -0.3 is 25.2 Å². The van der Waals surface area contributed by atoms with Crippen molar-refractivity contribution in [3.63, 3.8) is 0 Å². The van der Waals surface area contributed by atoms with E-state index < -0.39 is 23.9 Å². The van der Waals surface area contributed by atoms with Gasteiger partial charge in [-0.05, 0) is 37.1 Å². The molecule has 2 fully saturated rings. The highest BCUT2D eigenvalue weighted by Gasteiger charge is 2.39. The van der Waals surface area contributed by atoms with Gasteiger partial charge in [0.2, 0.25) is 11.8 Å². The first-order valence-corrected chi connectivity index (χ1v) is 11.1. The van der Waals surface area contributed by atoms with Gasteiger partial charge in [0.05, 0.1) is 19.2 Å². The maximum atomic E-state index is 13.3. The molecule has 2 saturated heterocycles. The third-order valence-electron chi connectivity index (χ3n) is 5.98. The molecule has 3 heterocycles. The summed E-state index contributed by atoms with van der Waals surface area (Å²) < 4.78 is 5.14. The molecular weight excluding hydrogens is 440 g/mol. The highest BCUT2D eigenvalue weighted by Crippen LogP contribution is 2.19. The molecule has 0 bridgehead atoms. The van der Waals surface area contributed by atoms with Crippen LogP contribution in [0.1, 0.15) is 33.6 Å². The van der Waals surface area contributed by atoms with E-state index in [2.05, 4.69) is 20.6 Å². The van der Waals surface area contributed by atoms with Gasteiger partial charge in [-0.3, -0.25) is 19.2 Å². The molecule has 1 aromatic heterocycles. The van der Waals surface area contributed by atoms with E-state index in [-0.39, 0.29) is 37.0 Å². The second-order valence-corrected chi connectivity index (χ2v) is 8.12. The van der Waals surface area contributed by atoms with Crippen molar-refractivity contribution in [2.24, 2.45) is 0 Å². The SMILES string of the molecule is COc1ccc(C(=O)N2CCN(C(=O)c3cncnc3)[C@@H](C(=O)N[C@@H]3CCCNC3=O)C2)cc1. The Morgan fingerprint density at radius 3 is 2.47 bits per heavy atom. The fraction of sp³-hybridized carbons (Fsp3) is 0.391. The second kappa shape index (κ2) is 10.3. The molecule has 0 spiro atoms. The third kappa shape index (κ3) is 4.98. The molecule has 178 valence electrons. The Balaban J connectivity index is 1.55. The van der Waals surface area contributed by atoms with Crippen LogP contribution in [0.5, 0.6) is 5.75 Å². The molecular formula is C23H26N6O5. The van der Waals surface area contributed by atoms with E-state index in [9.17, 15) is 19.2 Å². The summed E-state index contributed by atoms with van der Waals surface area (Å²) in [6, 6.07) is 5.04. The Morgan fingerprint density at radius 2 is 1.79 bits per heavy atom. The van der Waals surface area contributed by atoms with Gasteiger partial charge in [0.15, 0.2) is 0 Å². The number of nitrogens with one attached hydrogen (secondary N) is 2. The number of ether oxygens (including phenoxy) is 1. The number of benzene rings is 1. The third-order valence-corrected chi connectivity index (χ3v) is 5.98. The molecule has 4 amide bonds. The Hall–Kier alpha value is -4.02. The first-order valence-electron chi connectivity index (χ1n) is 11.1. The minimum atomic E-state index is -0.974. The van der Waals surface area contributed by atoms with Crippen molar-refractivity contribution in [2.75, 3.05) is 33.3 Å². The predicted octanol–water partition coefficient (Wildman–Crippen LogP) is -0.153. The molecule has 0 unspecified atom stereocenters. The average Bonchev–Trinajstić information content (AvgIpc) is 2.89. The smallest absolute Gasteiger partial charge is 0.257 e. The van der Waals surface area contributed by atoms with E-state index in [4.69, 9.17) is 4.74 Å². The van der Waals surface area contributed by atoms with Crippen LogP contribution in [0.15, 0.2) is 43.0 Å². The zero-order valence-electron chi connectivity index (χ0n) is 18.8. The quantitative estimate of drug-likeness (QED) is 0.626. The van der Waals surface area contributed by atoms with E-state index in [1.54, 1.807) is 31.4 Å². The number of hydrogen-bond donors (Lipinski definition) is 2. The highest BCUT2D eigenvalue weighted by atomic mass is 16.5. The monoisotopic (exact) mass is 466 g/mol. The van der Waals surface area contributed by atoms with Gasteiger partial charge in [0.1, 0.15) is 24.2 Å². The van der Waals surface area contributed by atoms with Crippen LogP contribution in [0.2, 0.25) is 0 Å². The summed E-state index contributed by atoms with van der Waals surface area (Å²) in [6.45, 7) is 0.949. The van der Waals surface area contributed by atoms with Gasteiger partial charge in [-0.15, -0.1) is 0 Å². The second-order valence-electron chi connectivity index (χ2n) is 8.12. The van der Waals surface area contributed by atoms with Crippen LogP contribution in [0.25, 0.3) is 0 Å². The lowest BCUT2D eigenvalue weighted by Gasteiger charge is -2.41. The lowest BCUT2D eigenvalue weighted by Crippen LogP contribution is -2.63. The first kappa shape index (κ1) is 23.1. The number of nitrogens with zero attached hydrogens (tertiary/aromatic N) is 4. The van der Waals surface area contributed by atoms with Crippen LogP contribution in [0, 0.1) is 0 Å². The van der Waals surface area contributed by atoms with Crippen molar-refractivity contribution in [2.45, 2.75) is 24.9 Å². The fourth-order valence-corrected chi connectivity index (χ4v) is 4.10. The number of aromatic nitrogens is 2. The fourth-order valence-electron chi connectivity index (χ4n) is 4.10. The maximum absolute atomic E-state index is 13.3. The van der Waals surface area contributed by atoms with Crippen LogP contribution in [-0.2, 0) is 9.59 Å². The molecule has 2 N–H and O–H groups in total.